The molecule has 4 nitrogen and oxygen atoms in total. The van der Waals surface area contributed by atoms with Crippen molar-refractivity contribution in [2.24, 2.45) is 9.98 Å². The van der Waals surface area contributed by atoms with E-state index in [4.69, 9.17) is 91.2 Å². The molecule has 226 valence electrons. The van der Waals surface area contributed by atoms with Crippen molar-refractivity contribution in [1.29, 1.82) is 0 Å². The minimum Gasteiger partial charge on any atom is -0.872 e. The van der Waals surface area contributed by atoms with Crippen molar-refractivity contribution in [3.05, 3.63) is 77.7 Å². The molecule has 0 saturated heterocycles. The van der Waals surface area contributed by atoms with Gasteiger partial charge in [-0.05, 0) is 77.6 Å². The predicted octanol–water partition coefficient (Wildman–Crippen LogP) is 10.9. The van der Waals surface area contributed by atoms with Gasteiger partial charge < -0.3 is 10.2 Å². The number of nitrogens with zero attached hydrogens (tertiary/aromatic N) is 2. The number of benzene rings is 3. The third-order valence-corrected chi connectivity index (χ3v) is 7.30. The summed E-state index contributed by atoms with van der Waals surface area (Å²) < 4.78 is -0.750. The van der Waals surface area contributed by atoms with E-state index in [0.29, 0.717) is 0 Å². The van der Waals surface area contributed by atoms with E-state index in [1.807, 2.05) is 13.8 Å². The largest absolute Gasteiger partial charge is 2.00 e. The van der Waals surface area contributed by atoms with Crippen molar-refractivity contribution in [1.82, 2.24) is 0 Å². The third kappa shape index (κ3) is 12.0. The first-order valence-corrected chi connectivity index (χ1v) is 14.6. The molecule has 0 radical (unpaired) electrons. The van der Waals surface area contributed by atoms with Crippen LogP contribution >= 0.6 is 81.2 Å². The second-order valence-corrected chi connectivity index (χ2v) is 12.5. The first-order valence-electron chi connectivity index (χ1n) is 11.8. The Kier molecular flexibility index (Phi) is 17.7. The van der Waals surface area contributed by atoms with Crippen LogP contribution in [0.3, 0.4) is 0 Å². The quantitative estimate of drug-likeness (QED) is 0.0881. The van der Waals surface area contributed by atoms with Crippen molar-refractivity contribution in [2.75, 3.05) is 0 Å². The number of alkyl halides is 3. The Labute approximate surface area is 287 Å². The van der Waals surface area contributed by atoms with E-state index in [1.165, 1.54) is 33.4 Å². The molecule has 0 amide bonds. The van der Waals surface area contributed by atoms with Gasteiger partial charge in [0.2, 0.25) is 0 Å². The molecule has 0 fully saturated rings. The fourth-order valence-corrected chi connectivity index (χ4v) is 4.60. The number of rotatable bonds is 3. The Morgan fingerprint density at radius 1 is 0.561 bits per heavy atom. The zero-order chi connectivity index (χ0) is 31.1. The number of hydrogen-bond donors (Lipinski definition) is 0. The zero-order valence-corrected chi connectivity index (χ0v) is 29.8. The SMILES string of the molecule is CC(=Nc1c(C)cc(C)cc1C)C(C)=Nc1c(C)cc(C)cc1C.ClC(Cl)Cl.[Ni+2].[O-]c1c([O-])c(Cl)c(Cl)c(Cl)c1Cl. The van der Waals surface area contributed by atoms with Crippen molar-refractivity contribution in [3.63, 3.8) is 0 Å². The summed E-state index contributed by atoms with van der Waals surface area (Å²) >= 11 is 36.1. The van der Waals surface area contributed by atoms with Crippen LogP contribution in [-0.2, 0) is 16.5 Å². The Morgan fingerprint density at radius 3 is 1.00 bits per heavy atom. The number of hydrogen-bond acceptors (Lipinski definition) is 4. The van der Waals surface area contributed by atoms with Gasteiger partial charge in [-0.25, -0.2) is 0 Å². The number of aryl methyl sites for hydroxylation is 6. The second kappa shape index (κ2) is 18.1. The summed E-state index contributed by atoms with van der Waals surface area (Å²) in [5, 5.41) is 20.6. The Morgan fingerprint density at radius 2 is 0.780 bits per heavy atom. The molecule has 0 aliphatic rings. The minimum absolute atomic E-state index is 0. The Bertz CT molecular complexity index is 1220. The van der Waals surface area contributed by atoms with Crippen LogP contribution in [0.25, 0.3) is 0 Å². The maximum Gasteiger partial charge on any atom is 2.00 e. The van der Waals surface area contributed by atoms with Gasteiger partial charge in [0.1, 0.15) is 0 Å². The number of halogens is 7. The van der Waals surface area contributed by atoms with Gasteiger partial charge in [0.05, 0.1) is 42.9 Å². The molecule has 3 aromatic rings. The fraction of sp³-hybridized carbons (Fsp3) is 0.310. The van der Waals surface area contributed by atoms with Crippen LogP contribution in [0, 0.1) is 41.5 Å². The number of aliphatic imine (C=N–C) groups is 2. The van der Waals surface area contributed by atoms with Gasteiger partial charge in [-0.2, -0.15) is 0 Å². The van der Waals surface area contributed by atoms with Crippen molar-refractivity contribution < 1.29 is 26.7 Å². The molecule has 0 aromatic heterocycles. The zero-order valence-electron chi connectivity index (χ0n) is 23.6. The predicted molar refractivity (Wildman–Crippen MR) is 174 cm³/mol. The van der Waals surface area contributed by atoms with Gasteiger partial charge >= 0.3 is 16.5 Å². The van der Waals surface area contributed by atoms with E-state index in [-0.39, 0.29) is 26.5 Å². The smallest absolute Gasteiger partial charge is 0.872 e. The van der Waals surface area contributed by atoms with Gasteiger partial charge in [0, 0.05) is 0 Å². The average molecular weight is 744 g/mol. The van der Waals surface area contributed by atoms with Gasteiger partial charge in [-0.3, -0.25) is 9.98 Å². The molecule has 0 heterocycles. The molecule has 0 bridgehead atoms. The summed E-state index contributed by atoms with van der Waals surface area (Å²) in [6.45, 7) is 16.8. The summed E-state index contributed by atoms with van der Waals surface area (Å²) in [6.07, 6.45) is 0. The maximum absolute atomic E-state index is 10.9. The van der Waals surface area contributed by atoms with Crippen LogP contribution in [-0.4, -0.2) is 15.7 Å². The molecule has 12 heteroatoms. The molecular weight excluding hydrogens is 715 g/mol. The van der Waals surface area contributed by atoms with Crippen LogP contribution in [0.2, 0.25) is 20.1 Å². The van der Waals surface area contributed by atoms with E-state index in [0.717, 1.165) is 22.8 Å². The van der Waals surface area contributed by atoms with Crippen LogP contribution < -0.4 is 10.2 Å². The fourth-order valence-electron chi connectivity index (χ4n) is 3.79. The van der Waals surface area contributed by atoms with Gasteiger partial charge in [0.25, 0.3) is 0 Å². The normalized spacial score (nSPS) is 11.3. The summed E-state index contributed by atoms with van der Waals surface area (Å²) in [4.78, 5) is 9.72. The van der Waals surface area contributed by atoms with E-state index >= 15 is 0 Å². The summed E-state index contributed by atoms with van der Waals surface area (Å²) in [5.74, 6) is -1.87. The topological polar surface area (TPSA) is 70.8 Å². The monoisotopic (exact) mass is 740 g/mol. The van der Waals surface area contributed by atoms with E-state index < -0.39 is 25.8 Å². The summed E-state index contributed by atoms with van der Waals surface area (Å²) in [6, 6.07) is 8.72. The molecule has 3 aromatic carbocycles. The van der Waals surface area contributed by atoms with Crippen molar-refractivity contribution in [3.8, 4) is 11.5 Å². The molecule has 0 atom stereocenters. The second-order valence-electron chi connectivity index (χ2n) is 9.05. The molecule has 3 rings (SSSR count). The molecule has 0 unspecified atom stereocenters. The molecule has 0 aliphatic heterocycles. The molecule has 0 spiro atoms. The van der Waals surface area contributed by atoms with Gasteiger partial charge in [-0.15, -0.1) is 0 Å². The standard InChI is InChI=1S/C22H28N2.C6H2Cl4O2.CHCl3.Ni/c1-13-9-15(3)21(16(4)10-13)23-19(7)20(8)24-22-17(5)11-14(2)12-18(22)6;7-1-2(8)4(10)6(12)5(11)3(1)9;2-1(3)4;/h9-12H,1-8H3;11-12H;1H;/q;;;+2/p-2. The molecule has 41 heavy (non-hydrogen) atoms. The van der Waals surface area contributed by atoms with Gasteiger partial charge in [-0.1, -0.05) is 128 Å². The van der Waals surface area contributed by atoms with Gasteiger partial charge in [0.15, 0.2) is 4.30 Å². The Hall–Kier alpha value is -0.876. The summed E-state index contributed by atoms with van der Waals surface area (Å²) in [5.41, 5.74) is 11.4. The molecule has 0 saturated carbocycles. The van der Waals surface area contributed by atoms with Crippen molar-refractivity contribution >= 4 is 104 Å². The van der Waals surface area contributed by atoms with E-state index in [1.54, 1.807) is 0 Å². The van der Waals surface area contributed by atoms with Crippen molar-refractivity contribution in [2.45, 2.75) is 59.7 Å². The van der Waals surface area contributed by atoms with Crippen LogP contribution in [0.15, 0.2) is 34.3 Å². The molecule has 0 N–H and O–H groups in total. The van der Waals surface area contributed by atoms with E-state index in [2.05, 4.69) is 65.8 Å². The molecule has 0 aliphatic carbocycles. The van der Waals surface area contributed by atoms with E-state index in [9.17, 15) is 10.2 Å². The first kappa shape index (κ1) is 40.1. The Balaban J connectivity index is 0.000000786. The van der Waals surface area contributed by atoms with Crippen LogP contribution in [0.1, 0.15) is 47.2 Å². The van der Waals surface area contributed by atoms with Crippen LogP contribution in [0.5, 0.6) is 11.5 Å². The third-order valence-electron chi connectivity index (χ3n) is 5.54. The average Bonchev–Trinajstić information content (AvgIpc) is 2.84. The first-order chi connectivity index (χ1) is 18.4. The summed E-state index contributed by atoms with van der Waals surface area (Å²) in [7, 11) is 0. The minimum atomic E-state index is -0.934. The molecular formula is C29H29Cl7N2NiO2. The maximum atomic E-state index is 10.9. The van der Waals surface area contributed by atoms with Crippen LogP contribution in [0.4, 0.5) is 11.4 Å².